The highest BCUT2D eigenvalue weighted by Crippen LogP contribution is 2.29. The molecule has 3 rings (SSSR count). The topological polar surface area (TPSA) is 55.2 Å². The molecule has 0 radical (unpaired) electrons. The molecule has 90 valence electrons. The van der Waals surface area contributed by atoms with E-state index in [1.165, 1.54) is 4.90 Å². The van der Waals surface area contributed by atoms with Crippen LogP contribution in [0.2, 0.25) is 0 Å². The van der Waals surface area contributed by atoms with Gasteiger partial charge in [-0.15, -0.1) is 0 Å². The second-order valence-corrected chi connectivity index (χ2v) is 4.19. The molecule has 1 aliphatic rings. The van der Waals surface area contributed by atoms with Crippen LogP contribution in [-0.4, -0.2) is 21.2 Å². The van der Waals surface area contributed by atoms with Gasteiger partial charge in [0.15, 0.2) is 0 Å². The molecule has 0 saturated heterocycles. The molecule has 0 N–H and O–H groups in total. The van der Waals surface area contributed by atoms with Crippen LogP contribution in [0, 0.1) is 0 Å². The van der Waals surface area contributed by atoms with Crippen molar-refractivity contribution >= 4 is 17.4 Å². The molecule has 1 amide bonds. The van der Waals surface area contributed by atoms with Gasteiger partial charge < -0.3 is 4.57 Å². The number of benzene rings is 1. The van der Waals surface area contributed by atoms with Crippen LogP contribution in [0.25, 0.3) is 0 Å². The summed E-state index contributed by atoms with van der Waals surface area (Å²) in [5.41, 5.74) is 1.13. The molecule has 0 atom stereocenters. The van der Waals surface area contributed by atoms with Gasteiger partial charge in [-0.3, -0.25) is 14.5 Å². The molecule has 1 aromatic carbocycles. The van der Waals surface area contributed by atoms with Crippen LogP contribution in [0.5, 0.6) is 0 Å². The highest BCUT2D eigenvalue weighted by Gasteiger charge is 2.35. The number of rotatable bonds is 2. The number of Topliss-reactive ketones (excluding diaryl/α,β-unsaturated/α-hetero) is 1. The van der Waals surface area contributed by atoms with Crippen LogP contribution in [-0.2, 0) is 18.4 Å². The SMILES string of the molecule is Cn1ccnc1CN1C(=O)C(=O)c2ccccc21. The van der Waals surface area contributed by atoms with Crippen molar-refractivity contribution in [3.05, 3.63) is 48.0 Å². The van der Waals surface area contributed by atoms with Crippen LogP contribution in [0.1, 0.15) is 16.2 Å². The normalized spacial score (nSPS) is 14.2. The van der Waals surface area contributed by atoms with E-state index in [2.05, 4.69) is 4.98 Å². The lowest BCUT2D eigenvalue weighted by Gasteiger charge is -2.15. The number of aryl methyl sites for hydroxylation is 1. The lowest BCUT2D eigenvalue weighted by molar-refractivity contribution is -0.114. The fraction of sp³-hybridized carbons (Fsp3) is 0.154. The van der Waals surface area contributed by atoms with E-state index in [9.17, 15) is 9.59 Å². The zero-order valence-electron chi connectivity index (χ0n) is 9.83. The second-order valence-electron chi connectivity index (χ2n) is 4.19. The van der Waals surface area contributed by atoms with Crippen molar-refractivity contribution < 1.29 is 9.59 Å². The molecule has 1 aliphatic heterocycles. The Bertz CT molecular complexity index is 645. The first-order valence-corrected chi connectivity index (χ1v) is 5.60. The first-order chi connectivity index (χ1) is 8.68. The third-order valence-corrected chi connectivity index (χ3v) is 3.10. The van der Waals surface area contributed by atoms with E-state index in [0.717, 1.165) is 5.82 Å². The highest BCUT2D eigenvalue weighted by molar-refractivity contribution is 6.52. The minimum atomic E-state index is -0.487. The Hall–Kier alpha value is -2.43. The number of anilines is 1. The lowest BCUT2D eigenvalue weighted by atomic mass is 10.1. The fourth-order valence-electron chi connectivity index (χ4n) is 2.10. The predicted octanol–water partition coefficient (Wildman–Crippen LogP) is 1.15. The van der Waals surface area contributed by atoms with E-state index >= 15 is 0 Å². The summed E-state index contributed by atoms with van der Waals surface area (Å²) >= 11 is 0. The van der Waals surface area contributed by atoms with E-state index in [4.69, 9.17) is 0 Å². The Morgan fingerprint density at radius 3 is 2.72 bits per heavy atom. The Labute approximate surface area is 104 Å². The number of ketones is 1. The van der Waals surface area contributed by atoms with Gasteiger partial charge in [0.1, 0.15) is 5.82 Å². The van der Waals surface area contributed by atoms with Crippen molar-refractivity contribution in [1.82, 2.24) is 9.55 Å². The predicted molar refractivity (Wildman–Crippen MR) is 65.2 cm³/mol. The number of imidazole rings is 1. The summed E-state index contributed by atoms with van der Waals surface area (Å²) < 4.78 is 1.83. The molecule has 18 heavy (non-hydrogen) atoms. The van der Waals surface area contributed by atoms with E-state index in [-0.39, 0.29) is 0 Å². The second kappa shape index (κ2) is 3.80. The van der Waals surface area contributed by atoms with Gasteiger partial charge in [-0.25, -0.2) is 4.98 Å². The standard InChI is InChI=1S/C13H11N3O2/c1-15-7-6-14-11(15)8-16-10-5-3-2-4-9(10)12(17)13(16)18/h2-7H,8H2,1H3. The first-order valence-electron chi connectivity index (χ1n) is 5.60. The summed E-state index contributed by atoms with van der Waals surface area (Å²) in [6, 6.07) is 7.03. The molecule has 2 aromatic rings. The van der Waals surface area contributed by atoms with Crippen molar-refractivity contribution in [3.63, 3.8) is 0 Å². The summed E-state index contributed by atoms with van der Waals surface area (Å²) in [5, 5.41) is 0. The largest absolute Gasteiger partial charge is 0.337 e. The molecule has 0 fully saturated rings. The molecule has 0 spiro atoms. The number of carbonyl (C=O) groups is 2. The minimum Gasteiger partial charge on any atom is -0.337 e. The third-order valence-electron chi connectivity index (χ3n) is 3.10. The fourth-order valence-corrected chi connectivity index (χ4v) is 2.10. The number of para-hydroxylation sites is 1. The molecule has 0 aliphatic carbocycles. The molecular weight excluding hydrogens is 230 g/mol. The summed E-state index contributed by atoms with van der Waals surface area (Å²) in [6.45, 7) is 0.311. The molecule has 1 aromatic heterocycles. The third kappa shape index (κ3) is 1.44. The van der Waals surface area contributed by atoms with Gasteiger partial charge in [0.05, 0.1) is 17.8 Å². The summed E-state index contributed by atoms with van der Waals surface area (Å²) in [4.78, 5) is 29.4. The number of amides is 1. The highest BCUT2D eigenvalue weighted by atomic mass is 16.2. The average molecular weight is 241 g/mol. The van der Waals surface area contributed by atoms with Gasteiger partial charge in [0.2, 0.25) is 0 Å². The Balaban J connectivity index is 2.01. The zero-order valence-corrected chi connectivity index (χ0v) is 9.83. The molecule has 2 heterocycles. The maximum atomic E-state index is 11.9. The van der Waals surface area contributed by atoms with Crippen molar-refractivity contribution in [2.75, 3.05) is 4.90 Å². The van der Waals surface area contributed by atoms with E-state index in [0.29, 0.717) is 17.8 Å². The summed E-state index contributed by atoms with van der Waals surface area (Å²) in [6.07, 6.45) is 3.48. The van der Waals surface area contributed by atoms with Crippen molar-refractivity contribution in [3.8, 4) is 0 Å². The number of aromatic nitrogens is 2. The first kappa shape index (κ1) is 10.7. The summed E-state index contributed by atoms with van der Waals surface area (Å²) in [5.74, 6) is -0.188. The van der Waals surface area contributed by atoms with Crippen LogP contribution in [0.15, 0.2) is 36.7 Å². The summed E-state index contributed by atoms with van der Waals surface area (Å²) in [7, 11) is 1.86. The molecular formula is C13H11N3O2. The zero-order chi connectivity index (χ0) is 12.7. The Kier molecular flexibility index (Phi) is 2.26. The van der Waals surface area contributed by atoms with Crippen LogP contribution < -0.4 is 4.90 Å². The number of hydrogen-bond donors (Lipinski definition) is 0. The van der Waals surface area contributed by atoms with Gasteiger partial charge >= 0.3 is 0 Å². The van der Waals surface area contributed by atoms with Gasteiger partial charge in [-0.1, -0.05) is 12.1 Å². The maximum absolute atomic E-state index is 11.9. The molecule has 5 nitrogen and oxygen atoms in total. The van der Waals surface area contributed by atoms with Crippen LogP contribution in [0.4, 0.5) is 5.69 Å². The number of carbonyl (C=O) groups excluding carboxylic acids is 2. The number of hydrogen-bond acceptors (Lipinski definition) is 3. The lowest BCUT2D eigenvalue weighted by Crippen LogP contribution is -2.30. The van der Waals surface area contributed by atoms with Crippen molar-refractivity contribution in [2.24, 2.45) is 7.05 Å². The number of nitrogens with zero attached hydrogens (tertiary/aromatic N) is 3. The Morgan fingerprint density at radius 2 is 2.00 bits per heavy atom. The van der Waals surface area contributed by atoms with E-state index < -0.39 is 11.7 Å². The van der Waals surface area contributed by atoms with Crippen molar-refractivity contribution in [1.29, 1.82) is 0 Å². The minimum absolute atomic E-state index is 0.311. The molecule has 0 bridgehead atoms. The molecule has 0 saturated carbocycles. The van der Waals surface area contributed by atoms with Crippen LogP contribution in [0.3, 0.4) is 0 Å². The number of fused-ring (bicyclic) bond motifs is 1. The Morgan fingerprint density at radius 1 is 1.22 bits per heavy atom. The average Bonchev–Trinajstić information content (AvgIpc) is 2.88. The van der Waals surface area contributed by atoms with E-state index in [1.54, 1.807) is 24.4 Å². The molecule has 5 heteroatoms. The van der Waals surface area contributed by atoms with E-state index in [1.807, 2.05) is 23.9 Å². The smallest absolute Gasteiger partial charge is 0.299 e. The van der Waals surface area contributed by atoms with Gasteiger partial charge in [-0.2, -0.15) is 0 Å². The monoisotopic (exact) mass is 241 g/mol. The maximum Gasteiger partial charge on any atom is 0.299 e. The van der Waals surface area contributed by atoms with Crippen LogP contribution >= 0.6 is 0 Å². The van der Waals surface area contributed by atoms with Gasteiger partial charge in [0.25, 0.3) is 11.7 Å². The van der Waals surface area contributed by atoms with Gasteiger partial charge in [0, 0.05) is 19.4 Å². The molecule has 0 unspecified atom stereocenters. The quantitative estimate of drug-likeness (QED) is 0.741. The van der Waals surface area contributed by atoms with Crippen molar-refractivity contribution in [2.45, 2.75) is 6.54 Å². The van der Waals surface area contributed by atoms with Gasteiger partial charge in [-0.05, 0) is 12.1 Å².